The summed E-state index contributed by atoms with van der Waals surface area (Å²) < 4.78 is 0. The van der Waals surface area contributed by atoms with E-state index in [9.17, 15) is 0 Å². The van der Waals surface area contributed by atoms with Crippen LogP contribution in [0.15, 0.2) is 6.33 Å². The Kier molecular flexibility index (Phi) is 5.83. The van der Waals surface area contributed by atoms with E-state index >= 15 is 0 Å². The van der Waals surface area contributed by atoms with Crippen LogP contribution < -0.4 is 10.2 Å². The van der Waals surface area contributed by atoms with Crippen LogP contribution in [0.3, 0.4) is 0 Å². The van der Waals surface area contributed by atoms with Gasteiger partial charge in [-0.15, -0.1) is 0 Å². The molecule has 1 heterocycles. The normalized spacial score (nSPS) is 22.1. The summed E-state index contributed by atoms with van der Waals surface area (Å²) >= 11 is 0. The Balaban J connectivity index is 2.07. The van der Waals surface area contributed by atoms with Gasteiger partial charge in [-0.05, 0) is 44.9 Å². The summed E-state index contributed by atoms with van der Waals surface area (Å²) in [7, 11) is 2.19. The van der Waals surface area contributed by atoms with Gasteiger partial charge in [0.25, 0.3) is 0 Å². The van der Waals surface area contributed by atoms with Gasteiger partial charge in [-0.1, -0.05) is 20.3 Å². The third kappa shape index (κ3) is 3.86. The average molecular weight is 290 g/mol. The minimum Gasteiger partial charge on any atom is -0.370 e. The highest BCUT2D eigenvalue weighted by Gasteiger charge is 2.25. The van der Waals surface area contributed by atoms with Gasteiger partial charge in [0.2, 0.25) is 0 Å². The molecule has 21 heavy (non-hydrogen) atoms. The van der Waals surface area contributed by atoms with E-state index < -0.39 is 0 Å². The average Bonchev–Trinajstić information content (AvgIpc) is 2.53. The highest BCUT2D eigenvalue weighted by molar-refractivity contribution is 5.58. The largest absolute Gasteiger partial charge is 0.370 e. The molecule has 1 N–H and O–H groups in total. The first-order chi connectivity index (χ1) is 10.2. The van der Waals surface area contributed by atoms with Crippen molar-refractivity contribution in [3.05, 3.63) is 11.9 Å². The fourth-order valence-corrected chi connectivity index (χ4v) is 3.33. The molecule has 1 aliphatic rings. The van der Waals surface area contributed by atoms with Gasteiger partial charge in [-0.3, -0.25) is 0 Å². The first-order valence-electron chi connectivity index (χ1n) is 8.45. The molecule has 118 valence electrons. The molecule has 0 atom stereocenters. The van der Waals surface area contributed by atoms with Gasteiger partial charge >= 0.3 is 0 Å². The maximum absolute atomic E-state index is 4.54. The third-order valence-electron chi connectivity index (χ3n) is 4.88. The zero-order valence-electron chi connectivity index (χ0n) is 14.0. The van der Waals surface area contributed by atoms with Crippen LogP contribution >= 0.6 is 0 Å². The van der Waals surface area contributed by atoms with Gasteiger partial charge < -0.3 is 10.2 Å². The molecule has 1 fully saturated rings. The van der Waals surface area contributed by atoms with E-state index in [-0.39, 0.29) is 0 Å². The van der Waals surface area contributed by atoms with Crippen molar-refractivity contribution >= 4 is 11.6 Å². The lowest BCUT2D eigenvalue weighted by Gasteiger charge is -2.35. The van der Waals surface area contributed by atoms with Crippen molar-refractivity contribution in [1.82, 2.24) is 9.97 Å². The number of anilines is 2. The van der Waals surface area contributed by atoms with Crippen LogP contribution in [0.2, 0.25) is 0 Å². The third-order valence-corrected chi connectivity index (χ3v) is 4.88. The Morgan fingerprint density at radius 1 is 1.19 bits per heavy atom. The first-order valence-corrected chi connectivity index (χ1v) is 8.45. The van der Waals surface area contributed by atoms with Crippen molar-refractivity contribution in [2.45, 2.75) is 65.3 Å². The SMILES string of the molecule is CCCNc1ncnc(N(C)C2CCC(CC)CC2)c1C. The van der Waals surface area contributed by atoms with Gasteiger partial charge in [0.05, 0.1) is 0 Å². The lowest BCUT2D eigenvalue weighted by molar-refractivity contribution is 0.312. The number of nitrogens with zero attached hydrogens (tertiary/aromatic N) is 3. The van der Waals surface area contributed by atoms with Crippen LogP contribution in [0.5, 0.6) is 0 Å². The Hall–Kier alpha value is -1.32. The van der Waals surface area contributed by atoms with Gasteiger partial charge in [0, 0.05) is 25.2 Å². The standard InChI is InChI=1S/C17H30N4/c1-5-11-18-16-13(3)17(20-12-19-16)21(4)15-9-7-14(6-2)8-10-15/h12,14-15H,5-11H2,1-4H3,(H,18,19,20). The van der Waals surface area contributed by atoms with E-state index in [0.29, 0.717) is 6.04 Å². The van der Waals surface area contributed by atoms with Crippen LogP contribution in [0, 0.1) is 12.8 Å². The summed E-state index contributed by atoms with van der Waals surface area (Å²) in [5.74, 6) is 3.00. The number of hydrogen-bond donors (Lipinski definition) is 1. The molecule has 0 unspecified atom stereocenters. The molecule has 2 rings (SSSR count). The molecule has 4 nitrogen and oxygen atoms in total. The minimum absolute atomic E-state index is 0.625. The Morgan fingerprint density at radius 3 is 2.52 bits per heavy atom. The minimum atomic E-state index is 0.625. The Bertz CT molecular complexity index is 438. The second-order valence-corrected chi connectivity index (χ2v) is 6.29. The molecule has 1 aromatic heterocycles. The van der Waals surface area contributed by atoms with E-state index in [0.717, 1.165) is 30.5 Å². The smallest absolute Gasteiger partial charge is 0.137 e. The molecule has 1 saturated carbocycles. The summed E-state index contributed by atoms with van der Waals surface area (Å²) in [6.45, 7) is 7.57. The summed E-state index contributed by atoms with van der Waals surface area (Å²) in [5, 5.41) is 3.40. The number of hydrogen-bond acceptors (Lipinski definition) is 4. The van der Waals surface area contributed by atoms with Crippen LogP contribution in [0.4, 0.5) is 11.6 Å². The van der Waals surface area contributed by atoms with Gasteiger partial charge in [-0.25, -0.2) is 9.97 Å². The zero-order valence-corrected chi connectivity index (χ0v) is 14.0. The molecule has 1 aliphatic carbocycles. The summed E-state index contributed by atoms with van der Waals surface area (Å²) in [5.41, 5.74) is 1.17. The van der Waals surface area contributed by atoms with E-state index in [2.05, 4.69) is 48.0 Å². The van der Waals surface area contributed by atoms with Crippen molar-refractivity contribution in [1.29, 1.82) is 0 Å². The number of aromatic nitrogens is 2. The lowest BCUT2D eigenvalue weighted by atomic mass is 9.84. The summed E-state index contributed by atoms with van der Waals surface area (Å²) in [4.78, 5) is 11.3. The monoisotopic (exact) mass is 290 g/mol. The van der Waals surface area contributed by atoms with Gasteiger partial charge in [-0.2, -0.15) is 0 Å². The first kappa shape index (κ1) is 16.1. The Labute approximate surface area is 129 Å². The maximum Gasteiger partial charge on any atom is 0.137 e. The van der Waals surface area contributed by atoms with Crippen molar-refractivity contribution in [2.24, 2.45) is 5.92 Å². The lowest BCUT2D eigenvalue weighted by Crippen LogP contribution is -2.36. The molecule has 4 heteroatoms. The second-order valence-electron chi connectivity index (χ2n) is 6.29. The highest BCUT2D eigenvalue weighted by atomic mass is 15.2. The molecular formula is C17H30N4. The maximum atomic E-state index is 4.54. The summed E-state index contributed by atoms with van der Waals surface area (Å²) in [6.07, 6.45) is 9.41. The molecule has 0 spiro atoms. The van der Waals surface area contributed by atoms with Crippen molar-refractivity contribution in [3.63, 3.8) is 0 Å². The molecule has 0 bridgehead atoms. The highest BCUT2D eigenvalue weighted by Crippen LogP contribution is 2.32. The Morgan fingerprint density at radius 2 is 1.90 bits per heavy atom. The quantitative estimate of drug-likeness (QED) is 0.859. The fraction of sp³-hybridized carbons (Fsp3) is 0.765. The summed E-state index contributed by atoms with van der Waals surface area (Å²) in [6, 6.07) is 0.625. The van der Waals surface area contributed by atoms with E-state index in [1.54, 1.807) is 6.33 Å². The van der Waals surface area contributed by atoms with Crippen LogP contribution in [0.1, 0.15) is 57.9 Å². The molecule has 1 aromatic rings. The fourth-order valence-electron chi connectivity index (χ4n) is 3.33. The molecule has 0 aliphatic heterocycles. The van der Waals surface area contributed by atoms with Crippen molar-refractivity contribution < 1.29 is 0 Å². The molecule has 0 amide bonds. The molecular weight excluding hydrogens is 260 g/mol. The van der Waals surface area contributed by atoms with E-state index in [4.69, 9.17) is 0 Å². The number of rotatable bonds is 6. The predicted molar refractivity (Wildman–Crippen MR) is 90.0 cm³/mol. The van der Waals surface area contributed by atoms with Gasteiger partial charge in [0.1, 0.15) is 18.0 Å². The van der Waals surface area contributed by atoms with E-state index in [1.807, 2.05) is 0 Å². The number of nitrogens with one attached hydrogen (secondary N) is 1. The predicted octanol–water partition coefficient (Wildman–Crippen LogP) is 4.01. The van der Waals surface area contributed by atoms with Crippen molar-refractivity contribution in [3.8, 4) is 0 Å². The topological polar surface area (TPSA) is 41.1 Å². The van der Waals surface area contributed by atoms with E-state index in [1.165, 1.54) is 37.7 Å². The molecule has 0 saturated heterocycles. The zero-order chi connectivity index (χ0) is 15.2. The van der Waals surface area contributed by atoms with Gasteiger partial charge in [0.15, 0.2) is 0 Å². The molecule has 0 aromatic carbocycles. The molecule has 0 radical (unpaired) electrons. The van der Waals surface area contributed by atoms with Crippen LogP contribution in [0.25, 0.3) is 0 Å². The van der Waals surface area contributed by atoms with Crippen molar-refractivity contribution in [2.75, 3.05) is 23.8 Å². The second kappa shape index (κ2) is 7.62. The van der Waals surface area contributed by atoms with Crippen LogP contribution in [-0.4, -0.2) is 29.6 Å². The van der Waals surface area contributed by atoms with Crippen LogP contribution in [-0.2, 0) is 0 Å².